The Morgan fingerprint density at radius 2 is 1.62 bits per heavy atom. The Morgan fingerprint density at radius 3 is 2.19 bits per heavy atom. The standard InChI is InChI=1S/C29H50N2O6/c1-6-7-8-10-14-28(15-13-16-28)25(35)31-29(17-11-9-12-18-29)21(24(33)34)19-30-23(32)22-26(2,3)20-36-27(4,5)37-22/h21-22H,6-20H2,1-5H3,(H,30,32)(H,31,35)(H,33,34). The Balaban J connectivity index is 1.73. The molecule has 2 amide bonds. The number of aliphatic carboxylic acids is 1. The van der Waals surface area contributed by atoms with Gasteiger partial charge in [0.2, 0.25) is 11.8 Å². The van der Waals surface area contributed by atoms with Crippen molar-refractivity contribution in [2.24, 2.45) is 16.7 Å². The molecule has 0 aromatic rings. The number of ether oxygens (including phenoxy) is 2. The van der Waals surface area contributed by atoms with Crippen LogP contribution < -0.4 is 10.6 Å². The molecule has 2 unspecified atom stereocenters. The number of carbonyl (C=O) groups is 3. The number of carbonyl (C=O) groups excluding carboxylic acids is 2. The van der Waals surface area contributed by atoms with Gasteiger partial charge in [0.05, 0.1) is 18.1 Å². The molecular formula is C29H50N2O6. The van der Waals surface area contributed by atoms with Crippen LogP contribution in [0.5, 0.6) is 0 Å². The summed E-state index contributed by atoms with van der Waals surface area (Å²) in [5.74, 6) is -3.10. The molecule has 8 nitrogen and oxygen atoms in total. The first-order chi connectivity index (χ1) is 17.4. The highest BCUT2D eigenvalue weighted by atomic mass is 16.7. The summed E-state index contributed by atoms with van der Waals surface area (Å²) in [5.41, 5.74) is -1.77. The average Bonchev–Trinajstić information content (AvgIpc) is 2.80. The van der Waals surface area contributed by atoms with Crippen LogP contribution in [0, 0.1) is 16.7 Å². The van der Waals surface area contributed by atoms with E-state index in [0.717, 1.165) is 64.2 Å². The molecule has 1 saturated heterocycles. The lowest BCUT2D eigenvalue weighted by Gasteiger charge is -2.48. The zero-order chi connectivity index (χ0) is 27.3. The van der Waals surface area contributed by atoms with Crippen molar-refractivity contribution < 1.29 is 29.0 Å². The van der Waals surface area contributed by atoms with Gasteiger partial charge < -0.3 is 25.2 Å². The number of carboxylic acids is 1. The highest BCUT2D eigenvalue weighted by Crippen LogP contribution is 2.47. The Hall–Kier alpha value is -1.67. The van der Waals surface area contributed by atoms with Crippen molar-refractivity contribution in [1.82, 2.24) is 10.6 Å². The Labute approximate surface area is 223 Å². The van der Waals surface area contributed by atoms with E-state index in [-0.39, 0.29) is 23.8 Å². The van der Waals surface area contributed by atoms with Gasteiger partial charge in [0, 0.05) is 17.4 Å². The van der Waals surface area contributed by atoms with Gasteiger partial charge in [-0.05, 0) is 46.0 Å². The van der Waals surface area contributed by atoms with E-state index in [1.165, 1.54) is 6.42 Å². The Kier molecular flexibility index (Phi) is 9.71. The zero-order valence-corrected chi connectivity index (χ0v) is 23.7. The molecule has 8 heteroatoms. The van der Waals surface area contributed by atoms with Crippen LogP contribution in [0.25, 0.3) is 0 Å². The fourth-order valence-corrected chi connectivity index (χ4v) is 6.32. The minimum absolute atomic E-state index is 0.0189. The molecule has 2 atom stereocenters. The third-order valence-corrected chi connectivity index (χ3v) is 9.00. The fraction of sp³-hybridized carbons (Fsp3) is 0.897. The molecule has 3 aliphatic rings. The highest BCUT2D eigenvalue weighted by molar-refractivity contribution is 5.86. The van der Waals surface area contributed by atoms with Crippen molar-refractivity contribution in [2.45, 2.75) is 136 Å². The van der Waals surface area contributed by atoms with Crippen LogP contribution in [0.1, 0.15) is 118 Å². The molecule has 0 bridgehead atoms. The normalized spacial score (nSPS) is 26.4. The predicted octanol–water partition coefficient (Wildman–Crippen LogP) is 4.94. The maximum atomic E-state index is 13.7. The lowest BCUT2D eigenvalue weighted by molar-refractivity contribution is -0.304. The van der Waals surface area contributed by atoms with E-state index in [9.17, 15) is 19.5 Å². The summed E-state index contributed by atoms with van der Waals surface area (Å²) in [7, 11) is 0. The van der Waals surface area contributed by atoms with Crippen LogP contribution in [0.15, 0.2) is 0 Å². The largest absolute Gasteiger partial charge is 0.481 e. The second-order valence-corrected chi connectivity index (χ2v) is 12.9. The first-order valence-corrected chi connectivity index (χ1v) is 14.5. The maximum Gasteiger partial charge on any atom is 0.310 e. The van der Waals surface area contributed by atoms with E-state index in [1.54, 1.807) is 13.8 Å². The molecule has 1 heterocycles. The fourth-order valence-electron chi connectivity index (χ4n) is 6.32. The maximum absolute atomic E-state index is 13.7. The summed E-state index contributed by atoms with van der Waals surface area (Å²) in [6.45, 7) is 9.85. The molecule has 3 N–H and O–H groups in total. The molecule has 3 fully saturated rings. The minimum atomic E-state index is -0.986. The molecule has 212 valence electrons. The number of carboxylic acid groups (broad SMARTS) is 1. The van der Waals surface area contributed by atoms with Crippen LogP contribution in [0.2, 0.25) is 0 Å². The van der Waals surface area contributed by atoms with Gasteiger partial charge >= 0.3 is 5.97 Å². The molecule has 0 aromatic heterocycles. The van der Waals surface area contributed by atoms with Gasteiger partial charge in [0.15, 0.2) is 5.79 Å². The summed E-state index contributed by atoms with van der Waals surface area (Å²) in [6.07, 6.45) is 11.4. The monoisotopic (exact) mass is 522 g/mol. The van der Waals surface area contributed by atoms with Gasteiger partial charge in [0.25, 0.3) is 0 Å². The van der Waals surface area contributed by atoms with Crippen molar-refractivity contribution in [2.75, 3.05) is 13.2 Å². The van der Waals surface area contributed by atoms with E-state index >= 15 is 0 Å². The van der Waals surface area contributed by atoms with Crippen LogP contribution >= 0.6 is 0 Å². The van der Waals surface area contributed by atoms with Gasteiger partial charge in [-0.3, -0.25) is 14.4 Å². The number of unbranched alkanes of at least 4 members (excludes halogenated alkanes) is 3. The van der Waals surface area contributed by atoms with Crippen molar-refractivity contribution in [1.29, 1.82) is 0 Å². The predicted molar refractivity (Wildman–Crippen MR) is 142 cm³/mol. The van der Waals surface area contributed by atoms with E-state index < -0.39 is 34.7 Å². The number of amides is 2. The lowest BCUT2D eigenvalue weighted by atomic mass is 9.64. The van der Waals surface area contributed by atoms with Gasteiger partial charge in [-0.25, -0.2) is 0 Å². The zero-order valence-electron chi connectivity index (χ0n) is 23.7. The number of hydrogen-bond acceptors (Lipinski definition) is 5. The highest BCUT2D eigenvalue weighted by Gasteiger charge is 2.51. The topological polar surface area (TPSA) is 114 Å². The lowest BCUT2D eigenvalue weighted by Crippen LogP contribution is -2.64. The summed E-state index contributed by atoms with van der Waals surface area (Å²) in [4.78, 5) is 39.6. The second-order valence-electron chi connectivity index (χ2n) is 12.9. The average molecular weight is 523 g/mol. The van der Waals surface area contributed by atoms with E-state index in [4.69, 9.17) is 9.47 Å². The van der Waals surface area contributed by atoms with Crippen molar-refractivity contribution in [3.63, 3.8) is 0 Å². The van der Waals surface area contributed by atoms with Crippen molar-refractivity contribution in [3.8, 4) is 0 Å². The molecule has 2 aliphatic carbocycles. The molecular weight excluding hydrogens is 472 g/mol. The molecule has 0 spiro atoms. The third-order valence-electron chi connectivity index (χ3n) is 9.00. The molecule has 3 rings (SSSR count). The van der Waals surface area contributed by atoms with Crippen LogP contribution in [-0.4, -0.2) is 53.5 Å². The van der Waals surface area contributed by atoms with Crippen LogP contribution in [-0.2, 0) is 23.9 Å². The molecule has 37 heavy (non-hydrogen) atoms. The molecule has 0 radical (unpaired) electrons. The summed E-state index contributed by atoms with van der Waals surface area (Å²) < 4.78 is 11.7. The molecule has 0 aromatic carbocycles. The molecule has 2 saturated carbocycles. The number of nitrogens with one attached hydrogen (secondary N) is 2. The first-order valence-electron chi connectivity index (χ1n) is 14.5. The first kappa shape index (κ1) is 29.9. The number of rotatable bonds is 12. The van der Waals surface area contributed by atoms with Crippen molar-refractivity contribution >= 4 is 17.8 Å². The summed E-state index contributed by atoms with van der Waals surface area (Å²) >= 11 is 0. The number of hydrogen-bond donors (Lipinski definition) is 3. The van der Waals surface area contributed by atoms with Crippen LogP contribution in [0.3, 0.4) is 0 Å². The van der Waals surface area contributed by atoms with E-state index in [2.05, 4.69) is 17.6 Å². The van der Waals surface area contributed by atoms with E-state index in [0.29, 0.717) is 19.4 Å². The van der Waals surface area contributed by atoms with E-state index in [1.807, 2.05) is 13.8 Å². The van der Waals surface area contributed by atoms with Crippen LogP contribution in [0.4, 0.5) is 0 Å². The molecule has 1 aliphatic heterocycles. The minimum Gasteiger partial charge on any atom is -0.481 e. The van der Waals surface area contributed by atoms with Gasteiger partial charge in [-0.2, -0.15) is 0 Å². The Morgan fingerprint density at radius 1 is 0.946 bits per heavy atom. The SMILES string of the molecule is CCCCCCC1(C(=O)NC2(C(CNC(=O)C3OC(C)(C)OCC3(C)C)C(=O)O)CCCCC2)CCC1. The summed E-state index contributed by atoms with van der Waals surface area (Å²) in [6, 6.07) is 0. The summed E-state index contributed by atoms with van der Waals surface area (Å²) in [5, 5.41) is 16.5. The quantitative estimate of drug-likeness (QED) is 0.313. The van der Waals surface area contributed by atoms with Crippen molar-refractivity contribution in [3.05, 3.63) is 0 Å². The Bertz CT molecular complexity index is 813. The second kappa shape index (κ2) is 12.0. The van der Waals surface area contributed by atoms with Gasteiger partial charge in [0.1, 0.15) is 6.10 Å². The van der Waals surface area contributed by atoms with Gasteiger partial charge in [-0.1, -0.05) is 72.1 Å². The smallest absolute Gasteiger partial charge is 0.310 e. The third kappa shape index (κ3) is 7.05. The van der Waals surface area contributed by atoms with Gasteiger partial charge in [-0.15, -0.1) is 0 Å².